The summed E-state index contributed by atoms with van der Waals surface area (Å²) < 4.78 is 0. The molecule has 0 atom stereocenters. The highest BCUT2D eigenvalue weighted by molar-refractivity contribution is 6.28. The van der Waals surface area contributed by atoms with Crippen molar-refractivity contribution in [1.82, 2.24) is 30.6 Å². The number of nitrogens with zero attached hydrogens (tertiary/aromatic N) is 3. The van der Waals surface area contributed by atoms with Crippen LogP contribution in [0.5, 0.6) is 0 Å². The fourth-order valence-electron chi connectivity index (χ4n) is 2.35. The predicted molar refractivity (Wildman–Crippen MR) is 96.5 cm³/mol. The molecule has 3 rings (SSSR count). The second kappa shape index (κ2) is 8.29. The molecule has 2 amide bonds. The first-order valence-corrected chi connectivity index (χ1v) is 8.25. The number of carbonyl (C=O) groups excluding carboxylic acids is 1. The summed E-state index contributed by atoms with van der Waals surface area (Å²) in [6.07, 6.45) is 5.90. The summed E-state index contributed by atoms with van der Waals surface area (Å²) in [5, 5.41) is 10.00. The zero-order valence-corrected chi connectivity index (χ0v) is 14.2. The molecule has 0 saturated carbocycles. The zero-order valence-electron chi connectivity index (χ0n) is 13.4. The molecule has 3 aromatic heterocycles. The van der Waals surface area contributed by atoms with Crippen LogP contribution in [-0.4, -0.2) is 39.1 Å². The van der Waals surface area contributed by atoms with E-state index in [4.69, 9.17) is 11.6 Å². The highest BCUT2D eigenvalue weighted by Gasteiger charge is 2.05. The topological polar surface area (TPSA) is 108 Å². The molecule has 130 valence electrons. The number of anilines is 1. The Morgan fingerprint density at radius 3 is 2.88 bits per heavy atom. The van der Waals surface area contributed by atoms with Gasteiger partial charge in [0, 0.05) is 43.6 Å². The number of aromatic amines is 1. The molecule has 0 spiro atoms. The van der Waals surface area contributed by atoms with Gasteiger partial charge in [0.05, 0.1) is 0 Å². The average Bonchev–Trinajstić information content (AvgIpc) is 3.09. The van der Waals surface area contributed by atoms with Crippen LogP contribution in [0.4, 0.5) is 10.6 Å². The van der Waals surface area contributed by atoms with Crippen LogP contribution >= 0.6 is 11.6 Å². The van der Waals surface area contributed by atoms with Gasteiger partial charge in [0.25, 0.3) is 0 Å². The third kappa shape index (κ3) is 4.80. The molecular weight excluding hydrogens is 342 g/mol. The number of pyridine rings is 1. The predicted octanol–water partition coefficient (Wildman–Crippen LogP) is 2.31. The van der Waals surface area contributed by atoms with E-state index in [-0.39, 0.29) is 11.3 Å². The number of carbonyl (C=O) groups is 1. The Morgan fingerprint density at radius 2 is 2.00 bits per heavy atom. The maximum absolute atomic E-state index is 11.9. The second-order valence-electron chi connectivity index (χ2n) is 5.31. The normalized spacial score (nSPS) is 10.6. The lowest BCUT2D eigenvalue weighted by Gasteiger charge is -2.09. The first kappa shape index (κ1) is 17.0. The third-order valence-corrected chi connectivity index (χ3v) is 3.74. The van der Waals surface area contributed by atoms with Crippen molar-refractivity contribution in [3.63, 3.8) is 0 Å². The molecule has 3 aromatic rings. The van der Waals surface area contributed by atoms with E-state index >= 15 is 0 Å². The Bertz CT molecular complexity index is 851. The fraction of sp³-hybridized carbons (Fsp3) is 0.250. The number of urea groups is 1. The monoisotopic (exact) mass is 359 g/mol. The smallest absolute Gasteiger partial charge is 0.315 e. The zero-order chi connectivity index (χ0) is 17.5. The number of amides is 2. The maximum Gasteiger partial charge on any atom is 0.315 e. The summed E-state index contributed by atoms with van der Waals surface area (Å²) >= 11 is 5.71. The van der Waals surface area contributed by atoms with Crippen LogP contribution in [0.25, 0.3) is 11.0 Å². The molecule has 0 aromatic carbocycles. The van der Waals surface area contributed by atoms with Crippen molar-refractivity contribution >= 4 is 34.5 Å². The summed E-state index contributed by atoms with van der Waals surface area (Å²) in [4.78, 5) is 27.0. The van der Waals surface area contributed by atoms with E-state index in [9.17, 15) is 4.79 Å². The van der Waals surface area contributed by atoms with Gasteiger partial charge >= 0.3 is 6.03 Å². The molecule has 0 saturated heterocycles. The minimum atomic E-state index is -0.203. The van der Waals surface area contributed by atoms with Crippen LogP contribution in [0, 0.1) is 0 Å². The average molecular weight is 360 g/mol. The van der Waals surface area contributed by atoms with Crippen molar-refractivity contribution in [3.8, 4) is 0 Å². The summed E-state index contributed by atoms with van der Waals surface area (Å²) in [6.45, 7) is 1.66. The largest absolute Gasteiger partial charge is 0.370 e. The molecule has 0 aliphatic rings. The standard InChI is InChI=1S/C16H18ClN7O/c17-15-21-9-4-13(24-15)18-5-1-6-22-16(25)23-10-11-2-7-19-14-12(11)3-8-20-14/h2-4,7-9H,1,5-6,10H2,(H,19,20)(H,18,21,24)(H2,22,23,25). The first-order chi connectivity index (χ1) is 12.2. The number of nitrogens with one attached hydrogen (secondary N) is 4. The van der Waals surface area contributed by atoms with Crippen LogP contribution in [0.1, 0.15) is 12.0 Å². The Morgan fingerprint density at radius 1 is 1.12 bits per heavy atom. The SMILES string of the molecule is O=C(NCCCNc1ccnc(Cl)n1)NCc1ccnc2[nH]ccc12. The minimum Gasteiger partial charge on any atom is -0.370 e. The van der Waals surface area contributed by atoms with Gasteiger partial charge in [-0.15, -0.1) is 0 Å². The number of halogens is 1. The molecular formula is C16H18ClN7O. The molecule has 0 fully saturated rings. The van der Waals surface area contributed by atoms with Crippen molar-refractivity contribution in [2.24, 2.45) is 0 Å². The van der Waals surface area contributed by atoms with Crippen LogP contribution < -0.4 is 16.0 Å². The van der Waals surface area contributed by atoms with E-state index in [1.54, 1.807) is 18.5 Å². The lowest BCUT2D eigenvalue weighted by atomic mass is 10.2. The maximum atomic E-state index is 11.9. The molecule has 4 N–H and O–H groups in total. The lowest BCUT2D eigenvalue weighted by Crippen LogP contribution is -2.36. The molecule has 0 unspecified atom stereocenters. The summed E-state index contributed by atoms with van der Waals surface area (Å²) in [5.74, 6) is 0.664. The first-order valence-electron chi connectivity index (χ1n) is 7.87. The van der Waals surface area contributed by atoms with Crippen LogP contribution in [0.2, 0.25) is 5.28 Å². The van der Waals surface area contributed by atoms with Crippen molar-refractivity contribution in [2.45, 2.75) is 13.0 Å². The summed E-state index contributed by atoms with van der Waals surface area (Å²) in [5.41, 5.74) is 1.83. The minimum absolute atomic E-state index is 0.203. The van der Waals surface area contributed by atoms with Gasteiger partial charge in [-0.25, -0.2) is 19.7 Å². The van der Waals surface area contributed by atoms with Crippen LogP contribution in [0.3, 0.4) is 0 Å². The summed E-state index contributed by atoms with van der Waals surface area (Å²) in [6, 6.07) is 5.38. The van der Waals surface area contributed by atoms with Crippen LogP contribution in [-0.2, 0) is 6.54 Å². The molecule has 8 nitrogen and oxygen atoms in total. The number of hydrogen-bond donors (Lipinski definition) is 4. The quantitative estimate of drug-likeness (QED) is 0.382. The van der Waals surface area contributed by atoms with E-state index in [0.29, 0.717) is 25.5 Å². The van der Waals surface area contributed by atoms with Crippen LogP contribution in [0.15, 0.2) is 36.8 Å². The molecule has 0 radical (unpaired) electrons. The number of hydrogen-bond acceptors (Lipinski definition) is 5. The van der Waals surface area contributed by atoms with Gasteiger partial charge in [-0.05, 0) is 41.8 Å². The highest BCUT2D eigenvalue weighted by atomic mass is 35.5. The fourth-order valence-corrected chi connectivity index (χ4v) is 2.50. The molecule has 0 aliphatic heterocycles. The Kier molecular flexibility index (Phi) is 5.63. The van der Waals surface area contributed by atoms with E-state index in [1.165, 1.54) is 0 Å². The summed E-state index contributed by atoms with van der Waals surface area (Å²) in [7, 11) is 0. The van der Waals surface area contributed by atoms with Crippen molar-refractivity contribution in [3.05, 3.63) is 47.6 Å². The van der Waals surface area contributed by atoms with Gasteiger partial charge in [-0.2, -0.15) is 0 Å². The lowest BCUT2D eigenvalue weighted by molar-refractivity contribution is 0.240. The molecule has 0 aliphatic carbocycles. The van der Waals surface area contributed by atoms with Gasteiger partial charge in [0.15, 0.2) is 0 Å². The third-order valence-electron chi connectivity index (χ3n) is 3.56. The highest BCUT2D eigenvalue weighted by Crippen LogP contribution is 2.14. The molecule has 9 heteroatoms. The van der Waals surface area contributed by atoms with Gasteiger partial charge in [0.1, 0.15) is 11.5 Å². The molecule has 3 heterocycles. The Labute approximate surface area is 149 Å². The number of fused-ring (bicyclic) bond motifs is 1. The van der Waals surface area contributed by atoms with Gasteiger partial charge in [-0.1, -0.05) is 0 Å². The molecule has 0 bridgehead atoms. The van der Waals surface area contributed by atoms with E-state index in [2.05, 4.69) is 35.9 Å². The number of rotatable bonds is 7. The second-order valence-corrected chi connectivity index (χ2v) is 5.65. The van der Waals surface area contributed by atoms with Crippen molar-refractivity contribution in [1.29, 1.82) is 0 Å². The number of aromatic nitrogens is 4. The number of H-pyrrole nitrogens is 1. The van der Waals surface area contributed by atoms with Gasteiger partial charge in [-0.3, -0.25) is 0 Å². The molecule has 25 heavy (non-hydrogen) atoms. The van der Waals surface area contributed by atoms with E-state index < -0.39 is 0 Å². The van der Waals surface area contributed by atoms with Crippen molar-refractivity contribution in [2.75, 3.05) is 18.4 Å². The Balaban J connectivity index is 1.35. The van der Waals surface area contributed by atoms with E-state index in [0.717, 1.165) is 23.0 Å². The van der Waals surface area contributed by atoms with Gasteiger partial charge < -0.3 is 20.9 Å². The Hall–Kier alpha value is -2.87. The van der Waals surface area contributed by atoms with Gasteiger partial charge in [0.2, 0.25) is 5.28 Å². The van der Waals surface area contributed by atoms with Crippen molar-refractivity contribution < 1.29 is 4.79 Å². The van der Waals surface area contributed by atoms with E-state index in [1.807, 2.05) is 18.3 Å².